The Morgan fingerprint density at radius 1 is 1.25 bits per heavy atom. The zero-order valence-electron chi connectivity index (χ0n) is 10.8. The highest BCUT2D eigenvalue weighted by molar-refractivity contribution is 7.87. The lowest BCUT2D eigenvalue weighted by Gasteiger charge is -2.19. The quantitative estimate of drug-likeness (QED) is 0.822. The molecule has 0 aliphatic rings. The van der Waals surface area contributed by atoms with Gasteiger partial charge in [-0.2, -0.15) is 30.6 Å². The monoisotopic (exact) mass is 311 g/mol. The summed E-state index contributed by atoms with van der Waals surface area (Å²) < 4.78 is 61.7. The third kappa shape index (κ3) is 5.08. The van der Waals surface area contributed by atoms with Crippen molar-refractivity contribution in [3.63, 3.8) is 0 Å². The molecule has 0 spiro atoms. The average Bonchev–Trinajstić information content (AvgIpc) is 2.36. The van der Waals surface area contributed by atoms with Crippen molar-refractivity contribution < 1.29 is 21.6 Å². The topological polar surface area (TPSA) is 75.4 Å². The first kappa shape index (κ1) is 16.9. The van der Waals surface area contributed by atoms with Crippen LogP contribution in [0.1, 0.15) is 11.1 Å². The Morgan fingerprint density at radius 2 is 1.80 bits per heavy atom. The lowest BCUT2D eigenvalue weighted by atomic mass is 10.1. The van der Waals surface area contributed by atoms with Gasteiger partial charge in [-0.25, -0.2) is 0 Å². The fourth-order valence-electron chi connectivity index (χ4n) is 1.52. The second-order valence-corrected chi connectivity index (χ2v) is 6.03. The highest BCUT2D eigenvalue weighted by atomic mass is 32.2. The zero-order valence-corrected chi connectivity index (χ0v) is 11.6. The number of nitrogens with one attached hydrogen (secondary N) is 1. The molecule has 1 aromatic rings. The van der Waals surface area contributed by atoms with Crippen molar-refractivity contribution in [1.29, 1.82) is 0 Å². The molecule has 0 unspecified atom stereocenters. The van der Waals surface area contributed by atoms with Crippen LogP contribution in [-0.4, -0.2) is 32.5 Å². The molecule has 5 nitrogen and oxygen atoms in total. The van der Waals surface area contributed by atoms with Crippen molar-refractivity contribution in [3.05, 3.63) is 35.4 Å². The molecule has 0 saturated carbocycles. The molecule has 0 aromatic heterocycles. The van der Waals surface area contributed by atoms with Crippen molar-refractivity contribution >= 4 is 10.2 Å². The van der Waals surface area contributed by atoms with Gasteiger partial charge in [0.1, 0.15) is 6.54 Å². The number of alkyl halides is 3. The van der Waals surface area contributed by atoms with Crippen molar-refractivity contribution in [2.75, 3.05) is 13.6 Å². The van der Waals surface area contributed by atoms with Crippen LogP contribution in [0.4, 0.5) is 13.2 Å². The first-order valence-corrected chi connectivity index (χ1v) is 7.14. The summed E-state index contributed by atoms with van der Waals surface area (Å²) in [6.45, 7) is -1.43. The maximum atomic E-state index is 12.0. The number of nitrogens with zero attached hydrogens (tertiary/aromatic N) is 1. The molecule has 3 N–H and O–H groups in total. The summed E-state index contributed by atoms with van der Waals surface area (Å²) in [4.78, 5) is 0. The van der Waals surface area contributed by atoms with Gasteiger partial charge in [-0.1, -0.05) is 24.3 Å². The van der Waals surface area contributed by atoms with Crippen LogP contribution in [0.2, 0.25) is 0 Å². The number of hydrogen-bond donors (Lipinski definition) is 2. The molecular formula is C11H16F3N3O2S. The van der Waals surface area contributed by atoms with Gasteiger partial charge in [0.25, 0.3) is 10.2 Å². The molecule has 0 heterocycles. The minimum Gasteiger partial charge on any atom is -0.326 e. The molecule has 0 radical (unpaired) electrons. The Labute approximate surface area is 115 Å². The Bertz CT molecular complexity index is 546. The highest BCUT2D eigenvalue weighted by Crippen LogP contribution is 2.15. The van der Waals surface area contributed by atoms with E-state index >= 15 is 0 Å². The number of hydrogen-bond acceptors (Lipinski definition) is 3. The fraction of sp³-hybridized carbons (Fsp3) is 0.455. The molecule has 1 aromatic carbocycles. The van der Waals surface area contributed by atoms with Gasteiger partial charge in [-0.15, -0.1) is 0 Å². The summed E-state index contributed by atoms with van der Waals surface area (Å²) >= 11 is 0. The molecule has 9 heteroatoms. The second-order valence-electron chi connectivity index (χ2n) is 4.17. The maximum Gasteiger partial charge on any atom is 0.402 e. The van der Waals surface area contributed by atoms with Gasteiger partial charge in [0.2, 0.25) is 0 Å². The van der Waals surface area contributed by atoms with E-state index in [9.17, 15) is 21.6 Å². The molecule has 0 saturated heterocycles. The van der Waals surface area contributed by atoms with E-state index in [4.69, 9.17) is 5.73 Å². The molecule has 0 aliphatic carbocycles. The third-order valence-electron chi connectivity index (χ3n) is 2.60. The van der Waals surface area contributed by atoms with Crippen LogP contribution in [-0.2, 0) is 23.3 Å². The molecule has 114 valence electrons. The number of rotatable bonds is 6. The molecule has 1 rings (SSSR count). The first-order chi connectivity index (χ1) is 9.15. The Balaban J connectivity index is 2.77. The van der Waals surface area contributed by atoms with Crippen LogP contribution < -0.4 is 10.5 Å². The number of benzene rings is 1. The van der Waals surface area contributed by atoms with Crippen molar-refractivity contribution in [2.24, 2.45) is 5.73 Å². The third-order valence-corrected chi connectivity index (χ3v) is 4.06. The second kappa shape index (κ2) is 6.53. The van der Waals surface area contributed by atoms with E-state index in [-0.39, 0.29) is 13.1 Å². The van der Waals surface area contributed by atoms with Gasteiger partial charge in [0, 0.05) is 20.1 Å². The van der Waals surface area contributed by atoms with Crippen molar-refractivity contribution in [1.82, 2.24) is 9.03 Å². The van der Waals surface area contributed by atoms with E-state index in [0.29, 0.717) is 5.56 Å². The van der Waals surface area contributed by atoms with Gasteiger partial charge < -0.3 is 5.73 Å². The Morgan fingerprint density at radius 3 is 2.30 bits per heavy atom. The predicted octanol–water partition coefficient (Wildman–Crippen LogP) is 0.974. The standard InChI is InChI=1S/C11H16F3N3O2S/c1-17(20(18,19)16-8-11(12,13)14)7-10-5-3-2-4-9(10)6-15/h2-5,16H,6-8,15H2,1H3. The van der Waals surface area contributed by atoms with Crippen LogP contribution in [0, 0.1) is 0 Å². The van der Waals surface area contributed by atoms with E-state index in [1.165, 1.54) is 11.8 Å². The van der Waals surface area contributed by atoms with Crippen molar-refractivity contribution in [3.8, 4) is 0 Å². The van der Waals surface area contributed by atoms with E-state index in [1.807, 2.05) is 0 Å². The van der Waals surface area contributed by atoms with Crippen LogP contribution in [0.15, 0.2) is 24.3 Å². The van der Waals surface area contributed by atoms with Gasteiger partial charge in [-0.05, 0) is 11.1 Å². The van der Waals surface area contributed by atoms with Gasteiger partial charge in [0.05, 0.1) is 0 Å². The van der Waals surface area contributed by atoms with Gasteiger partial charge in [0.15, 0.2) is 0 Å². The maximum absolute atomic E-state index is 12.0. The summed E-state index contributed by atoms with van der Waals surface area (Å²) in [6, 6.07) is 6.87. The summed E-state index contributed by atoms with van der Waals surface area (Å²) in [7, 11) is -2.99. The summed E-state index contributed by atoms with van der Waals surface area (Å²) in [5.74, 6) is 0. The Hall–Kier alpha value is -1.16. The van der Waals surface area contributed by atoms with E-state index in [0.717, 1.165) is 9.87 Å². The van der Waals surface area contributed by atoms with Crippen LogP contribution in [0.25, 0.3) is 0 Å². The molecule has 0 amide bonds. The Kier molecular flexibility index (Phi) is 5.51. The summed E-state index contributed by atoms with van der Waals surface area (Å²) in [5.41, 5.74) is 6.91. The smallest absolute Gasteiger partial charge is 0.326 e. The van der Waals surface area contributed by atoms with Crippen LogP contribution in [0.5, 0.6) is 0 Å². The SMILES string of the molecule is CN(Cc1ccccc1CN)S(=O)(=O)NCC(F)(F)F. The summed E-state index contributed by atoms with van der Waals surface area (Å²) in [5, 5.41) is 0. The van der Waals surface area contributed by atoms with E-state index in [1.54, 1.807) is 24.3 Å². The fourth-order valence-corrected chi connectivity index (χ4v) is 2.39. The van der Waals surface area contributed by atoms with Gasteiger partial charge >= 0.3 is 6.18 Å². The predicted molar refractivity (Wildman–Crippen MR) is 68.8 cm³/mol. The van der Waals surface area contributed by atoms with Crippen LogP contribution >= 0.6 is 0 Å². The van der Waals surface area contributed by atoms with Crippen LogP contribution in [0.3, 0.4) is 0 Å². The normalized spacial score (nSPS) is 12.9. The first-order valence-electron chi connectivity index (χ1n) is 5.70. The minimum atomic E-state index is -4.59. The average molecular weight is 311 g/mol. The zero-order chi connectivity index (χ0) is 15.4. The molecule has 0 atom stereocenters. The lowest BCUT2D eigenvalue weighted by Crippen LogP contribution is -2.42. The largest absolute Gasteiger partial charge is 0.402 e. The molecule has 20 heavy (non-hydrogen) atoms. The van der Waals surface area contributed by atoms with Crippen molar-refractivity contribution in [2.45, 2.75) is 19.3 Å². The highest BCUT2D eigenvalue weighted by Gasteiger charge is 2.30. The molecular weight excluding hydrogens is 295 g/mol. The molecule has 0 aliphatic heterocycles. The number of halogens is 3. The molecule has 0 fully saturated rings. The van der Waals surface area contributed by atoms with E-state index < -0.39 is 22.9 Å². The molecule has 0 bridgehead atoms. The van der Waals surface area contributed by atoms with Gasteiger partial charge in [-0.3, -0.25) is 0 Å². The number of nitrogens with two attached hydrogens (primary N) is 1. The lowest BCUT2D eigenvalue weighted by molar-refractivity contribution is -0.121. The minimum absolute atomic E-state index is 0.0550. The summed E-state index contributed by atoms with van der Waals surface area (Å²) in [6.07, 6.45) is -4.59. The van der Waals surface area contributed by atoms with E-state index in [2.05, 4.69) is 0 Å².